The summed E-state index contributed by atoms with van der Waals surface area (Å²) in [6.45, 7) is 6.94. The van der Waals surface area contributed by atoms with Crippen molar-refractivity contribution in [2.45, 2.75) is 32.6 Å². The van der Waals surface area contributed by atoms with Gasteiger partial charge in [0.2, 0.25) is 10.0 Å². The van der Waals surface area contributed by atoms with Crippen molar-refractivity contribution in [3.63, 3.8) is 0 Å². The van der Waals surface area contributed by atoms with Gasteiger partial charge in [-0.15, -0.1) is 5.56 Å². The van der Waals surface area contributed by atoms with Crippen molar-refractivity contribution >= 4 is 22.0 Å². The van der Waals surface area contributed by atoms with E-state index in [0.717, 1.165) is 5.57 Å². The quantitative estimate of drug-likeness (QED) is 0.568. The average molecular weight is 428 g/mol. The maximum atomic E-state index is 11.6. The molecule has 0 saturated carbocycles. The molecule has 24 heavy (non-hydrogen) atoms. The van der Waals surface area contributed by atoms with Gasteiger partial charge in [-0.05, 0) is 31.2 Å². The first-order chi connectivity index (χ1) is 10.5. The molecule has 128 valence electrons. The van der Waals surface area contributed by atoms with Gasteiger partial charge in [0.1, 0.15) is 0 Å². The molecule has 0 aromatic heterocycles. The fourth-order valence-corrected chi connectivity index (χ4v) is 2.41. The molecule has 0 fully saturated rings. The number of allylic oxidation sites excluding steroid dienone is 1. The molecule has 1 aromatic rings. The van der Waals surface area contributed by atoms with Crippen molar-refractivity contribution in [2.24, 2.45) is 0 Å². The molecule has 0 radical (unpaired) electrons. The minimum absolute atomic E-state index is 0. The van der Waals surface area contributed by atoms with Crippen LogP contribution in [0.5, 0.6) is 0 Å². The van der Waals surface area contributed by atoms with Gasteiger partial charge in [-0.25, -0.2) is 17.9 Å². The largest absolute Gasteiger partial charge is 3.00 e. The predicted molar refractivity (Wildman–Crippen MR) is 88.2 cm³/mol. The smallest absolute Gasteiger partial charge is 0.664 e. The first-order valence-corrected chi connectivity index (χ1v) is 8.12. The third-order valence-electron chi connectivity index (χ3n) is 2.87. The maximum Gasteiger partial charge on any atom is 3.00 e. The Balaban J connectivity index is 0. The van der Waals surface area contributed by atoms with Gasteiger partial charge in [-0.1, -0.05) is 12.5 Å². The van der Waals surface area contributed by atoms with Crippen molar-refractivity contribution in [1.29, 1.82) is 0 Å². The predicted octanol–water partition coefficient (Wildman–Crippen LogP) is 2.33. The number of amides is 3. The van der Waals surface area contributed by atoms with Crippen LogP contribution in [0.2, 0.25) is 0 Å². The van der Waals surface area contributed by atoms with Crippen LogP contribution < -0.4 is 10.0 Å². The summed E-state index contributed by atoms with van der Waals surface area (Å²) in [6.07, 6.45) is 0. The summed E-state index contributed by atoms with van der Waals surface area (Å²) in [4.78, 5) is 21.1. The summed E-state index contributed by atoms with van der Waals surface area (Å²) in [5, 5.41) is 2.17. The van der Waals surface area contributed by atoms with Gasteiger partial charge in [-0.2, -0.15) is 24.3 Å². The van der Waals surface area contributed by atoms with E-state index in [-0.39, 0.29) is 37.6 Å². The van der Waals surface area contributed by atoms with E-state index in [2.05, 4.69) is 11.4 Å². The van der Waals surface area contributed by atoms with E-state index in [4.69, 9.17) is 5.73 Å². The molecule has 0 aliphatic rings. The summed E-state index contributed by atoms with van der Waals surface area (Å²) < 4.78 is 25.1. The number of hydrogen-bond acceptors (Lipinski definition) is 4. The Kier molecular flexibility index (Phi) is 11.8. The Hall–Kier alpha value is -1.25. The summed E-state index contributed by atoms with van der Waals surface area (Å²) in [6, 6.07) is 6.42. The zero-order chi connectivity index (χ0) is 18.2. The van der Waals surface area contributed by atoms with Crippen LogP contribution in [0.15, 0.2) is 34.2 Å². The topological polar surface area (TPSA) is 116 Å². The first kappa shape index (κ1) is 25.0. The van der Waals surface area contributed by atoms with Crippen LogP contribution in [0.25, 0.3) is 5.73 Å². The van der Waals surface area contributed by atoms with Crippen molar-refractivity contribution in [2.75, 3.05) is 7.05 Å². The minimum atomic E-state index is -3.80. The number of benzene rings is 1. The van der Waals surface area contributed by atoms with Crippen LogP contribution >= 0.6 is 0 Å². The fraction of sp³-hybridized carbons (Fsp3) is 0.333. The Labute approximate surface area is 168 Å². The maximum absolute atomic E-state index is 11.6. The monoisotopic (exact) mass is 428 g/mol. The molecule has 0 aliphatic carbocycles. The SMILES string of the molecule is CC(C)=C(C)C([NH-])=O.CNC(=O)NS(=O)(=O)c1c[c-]ccc1C.[Y+3]. The number of hydrogen-bond donors (Lipinski definition) is 2. The number of sulfonamides is 1. The minimum Gasteiger partial charge on any atom is -0.664 e. The number of rotatable bonds is 3. The summed E-state index contributed by atoms with van der Waals surface area (Å²) in [7, 11) is -2.45. The van der Waals surface area contributed by atoms with Crippen LogP contribution in [-0.4, -0.2) is 27.4 Å². The third-order valence-corrected chi connectivity index (χ3v) is 4.34. The molecule has 0 heterocycles. The van der Waals surface area contributed by atoms with Crippen molar-refractivity contribution in [3.05, 3.63) is 46.7 Å². The van der Waals surface area contributed by atoms with Crippen LogP contribution in [0.1, 0.15) is 26.3 Å². The second-order valence-corrected chi connectivity index (χ2v) is 6.48. The van der Waals surface area contributed by atoms with Crippen LogP contribution in [0.3, 0.4) is 0 Å². The van der Waals surface area contributed by atoms with E-state index in [1.807, 2.05) is 18.6 Å². The fourth-order valence-electron chi connectivity index (χ4n) is 1.24. The van der Waals surface area contributed by atoms with E-state index in [0.29, 0.717) is 11.1 Å². The van der Waals surface area contributed by atoms with E-state index < -0.39 is 22.0 Å². The van der Waals surface area contributed by atoms with Gasteiger partial charge < -0.3 is 15.8 Å². The molecular formula is C15H21N3O4SY+. The van der Waals surface area contributed by atoms with Gasteiger partial charge in [0, 0.05) is 7.05 Å². The Morgan fingerprint density at radius 3 is 2.08 bits per heavy atom. The molecule has 3 amide bonds. The average Bonchev–Trinajstić information content (AvgIpc) is 2.46. The molecule has 0 saturated heterocycles. The zero-order valence-electron chi connectivity index (χ0n) is 14.4. The van der Waals surface area contributed by atoms with Gasteiger partial charge in [0.25, 0.3) is 0 Å². The van der Waals surface area contributed by atoms with E-state index in [1.165, 1.54) is 13.1 Å². The molecule has 1 aromatic carbocycles. The van der Waals surface area contributed by atoms with Crippen LogP contribution in [0, 0.1) is 13.0 Å². The van der Waals surface area contributed by atoms with Gasteiger partial charge in [0.05, 0.1) is 5.91 Å². The van der Waals surface area contributed by atoms with E-state index >= 15 is 0 Å². The van der Waals surface area contributed by atoms with E-state index in [9.17, 15) is 18.0 Å². The molecule has 0 bridgehead atoms. The Bertz CT molecular complexity index is 711. The summed E-state index contributed by atoms with van der Waals surface area (Å²) >= 11 is 0. The van der Waals surface area contributed by atoms with Gasteiger partial charge >= 0.3 is 38.7 Å². The van der Waals surface area contributed by atoms with Crippen molar-refractivity contribution in [3.8, 4) is 0 Å². The van der Waals surface area contributed by atoms with Gasteiger partial charge in [0.15, 0.2) is 0 Å². The molecule has 0 spiro atoms. The molecule has 0 aliphatic heterocycles. The molecule has 1 rings (SSSR count). The third kappa shape index (κ3) is 8.56. The summed E-state index contributed by atoms with van der Waals surface area (Å²) in [5.41, 5.74) is 8.65. The number of urea groups is 1. The summed E-state index contributed by atoms with van der Waals surface area (Å²) in [5.74, 6) is -0.579. The number of carbonyl (C=O) groups is 2. The number of carbonyl (C=O) groups excluding carboxylic acids is 2. The number of aryl methyl sites for hydroxylation is 1. The van der Waals surface area contributed by atoms with E-state index in [1.54, 1.807) is 26.0 Å². The Morgan fingerprint density at radius 1 is 1.21 bits per heavy atom. The van der Waals surface area contributed by atoms with Crippen LogP contribution in [-0.2, 0) is 47.5 Å². The van der Waals surface area contributed by atoms with Gasteiger partial charge in [-0.3, -0.25) is 0 Å². The van der Waals surface area contributed by atoms with Crippen LogP contribution in [0.4, 0.5) is 4.79 Å². The second-order valence-electron chi connectivity index (χ2n) is 4.83. The second kappa shape index (κ2) is 11.3. The molecule has 0 unspecified atom stereocenters. The Morgan fingerprint density at radius 2 is 1.75 bits per heavy atom. The molecule has 9 heteroatoms. The molecular weight excluding hydrogens is 407 g/mol. The normalized spacial score (nSPS) is 9.54. The zero-order valence-corrected chi connectivity index (χ0v) is 18.0. The van der Waals surface area contributed by atoms with Crippen molar-refractivity contribution < 1.29 is 50.7 Å². The molecule has 0 atom stereocenters. The first-order valence-electron chi connectivity index (χ1n) is 6.64. The molecule has 7 nitrogen and oxygen atoms in total. The number of nitrogens with one attached hydrogen (secondary N) is 3. The van der Waals surface area contributed by atoms with Crippen molar-refractivity contribution in [1.82, 2.24) is 10.0 Å². The standard InChI is InChI=1S/C9H11N2O3S.C6H11NO.Y/c1-7-5-3-4-6-8(7)15(13,14)11-9(12)10-2;1-4(2)5(3)6(7)8;/h3,5-6H,1-2H3,(H2,10,11,12);1-3H3,(H2,7,8);/q-1;;+3/p-1. The molecule has 3 N–H and O–H groups in total.